The maximum Gasteiger partial charge on any atom is -0.0127 e. The van der Waals surface area contributed by atoms with Gasteiger partial charge in [0.1, 0.15) is 0 Å². The Morgan fingerprint density at radius 2 is 1.83 bits per heavy atom. The van der Waals surface area contributed by atoms with Crippen LogP contribution in [-0.2, 0) is 0 Å². The average molecular weight is 164 g/mol. The van der Waals surface area contributed by atoms with Crippen LogP contribution in [-0.4, -0.2) is 0 Å². The molecule has 1 rings (SSSR count). The molecule has 0 saturated carbocycles. The highest BCUT2D eigenvalue weighted by Crippen LogP contribution is 2.31. The minimum Gasteiger partial charge on any atom is -0.0772 e. The van der Waals surface area contributed by atoms with Crippen molar-refractivity contribution in [3.63, 3.8) is 0 Å². The summed E-state index contributed by atoms with van der Waals surface area (Å²) in [6, 6.07) is 0. The molecule has 1 aliphatic rings. The molecule has 0 radical (unpaired) electrons. The van der Waals surface area contributed by atoms with Gasteiger partial charge < -0.3 is 0 Å². The Morgan fingerprint density at radius 1 is 1.17 bits per heavy atom. The summed E-state index contributed by atoms with van der Waals surface area (Å²) in [5.74, 6) is 0. The Bertz CT molecular complexity index is 206. The molecule has 0 aromatic carbocycles. The molecule has 0 nitrogen and oxygen atoms in total. The van der Waals surface area contributed by atoms with E-state index in [-0.39, 0.29) is 0 Å². The van der Waals surface area contributed by atoms with E-state index in [1.165, 1.54) is 32.1 Å². The first-order valence-electron chi connectivity index (χ1n) is 5.17. The van der Waals surface area contributed by atoms with Crippen LogP contribution >= 0.6 is 0 Å². The summed E-state index contributed by atoms with van der Waals surface area (Å²) < 4.78 is 0. The second-order valence-electron chi connectivity index (χ2n) is 3.67. The molecule has 0 fully saturated rings. The fourth-order valence-corrected chi connectivity index (χ4v) is 1.98. The van der Waals surface area contributed by atoms with Gasteiger partial charge in [0.15, 0.2) is 0 Å². The fourth-order valence-electron chi connectivity index (χ4n) is 1.98. The van der Waals surface area contributed by atoms with Crippen molar-refractivity contribution in [2.24, 2.45) is 0 Å². The summed E-state index contributed by atoms with van der Waals surface area (Å²) in [7, 11) is 0. The van der Waals surface area contributed by atoms with Gasteiger partial charge >= 0.3 is 0 Å². The molecule has 0 heteroatoms. The van der Waals surface area contributed by atoms with Crippen LogP contribution in [0.25, 0.3) is 0 Å². The maximum atomic E-state index is 2.38. The van der Waals surface area contributed by atoms with Crippen molar-refractivity contribution in [2.45, 2.75) is 52.9 Å². The van der Waals surface area contributed by atoms with Crippen molar-refractivity contribution in [2.75, 3.05) is 0 Å². The molecule has 0 atom stereocenters. The molecule has 0 amide bonds. The van der Waals surface area contributed by atoms with E-state index in [2.05, 4.69) is 26.8 Å². The van der Waals surface area contributed by atoms with Gasteiger partial charge in [0, 0.05) is 0 Å². The summed E-state index contributed by atoms with van der Waals surface area (Å²) in [6.45, 7) is 6.79. The predicted octanol–water partition coefficient (Wildman–Crippen LogP) is 4.23. The molecule has 0 N–H and O–H groups in total. The average Bonchev–Trinajstić information content (AvgIpc) is 2.37. The highest BCUT2D eigenvalue weighted by Gasteiger charge is 2.11. The second kappa shape index (κ2) is 4.49. The third-order valence-corrected chi connectivity index (χ3v) is 2.61. The molecule has 12 heavy (non-hydrogen) atoms. The van der Waals surface area contributed by atoms with Gasteiger partial charge in [-0.25, -0.2) is 0 Å². The van der Waals surface area contributed by atoms with E-state index in [0.717, 1.165) is 0 Å². The largest absolute Gasteiger partial charge is 0.0772 e. The predicted molar refractivity (Wildman–Crippen MR) is 55.2 cm³/mol. The lowest BCUT2D eigenvalue weighted by molar-refractivity contribution is 0.842. The third kappa shape index (κ3) is 2.00. The van der Waals surface area contributed by atoms with Gasteiger partial charge in [0.2, 0.25) is 0 Å². The van der Waals surface area contributed by atoms with Crippen LogP contribution in [0.3, 0.4) is 0 Å². The SMILES string of the molecule is CCCC1=C(CCC)C(C)=CC1. The molecule has 0 bridgehead atoms. The van der Waals surface area contributed by atoms with Crippen LogP contribution in [0.15, 0.2) is 22.8 Å². The van der Waals surface area contributed by atoms with Crippen LogP contribution in [0.2, 0.25) is 0 Å². The smallest absolute Gasteiger partial charge is 0.0127 e. The topological polar surface area (TPSA) is 0 Å². The van der Waals surface area contributed by atoms with E-state index in [0.29, 0.717) is 0 Å². The molecular weight excluding hydrogens is 144 g/mol. The Balaban J connectivity index is 2.67. The highest BCUT2D eigenvalue weighted by molar-refractivity contribution is 5.41. The minimum absolute atomic E-state index is 1.23. The summed E-state index contributed by atoms with van der Waals surface area (Å²) in [5, 5.41) is 0. The third-order valence-electron chi connectivity index (χ3n) is 2.61. The lowest BCUT2D eigenvalue weighted by Crippen LogP contribution is -1.87. The molecule has 0 saturated heterocycles. The number of allylic oxidation sites excluding steroid dienone is 4. The van der Waals surface area contributed by atoms with Gasteiger partial charge in [0.25, 0.3) is 0 Å². The number of rotatable bonds is 4. The molecule has 68 valence electrons. The van der Waals surface area contributed by atoms with Crippen molar-refractivity contribution in [1.29, 1.82) is 0 Å². The van der Waals surface area contributed by atoms with Gasteiger partial charge in [-0.3, -0.25) is 0 Å². The van der Waals surface area contributed by atoms with Crippen molar-refractivity contribution in [3.05, 3.63) is 22.8 Å². The van der Waals surface area contributed by atoms with E-state index in [9.17, 15) is 0 Å². The molecular formula is C12H20. The standard InChI is InChI=1S/C12H20/c1-4-6-11-9-8-10(3)12(11)7-5-2/h8H,4-7,9H2,1-3H3. The van der Waals surface area contributed by atoms with Gasteiger partial charge in [-0.2, -0.15) is 0 Å². The monoisotopic (exact) mass is 164 g/mol. The van der Waals surface area contributed by atoms with Gasteiger partial charge in [-0.1, -0.05) is 43.9 Å². The zero-order chi connectivity index (χ0) is 8.97. The maximum absolute atomic E-state index is 2.38. The minimum atomic E-state index is 1.23. The summed E-state index contributed by atoms with van der Waals surface area (Å²) in [6.07, 6.45) is 8.79. The molecule has 0 aromatic rings. The second-order valence-corrected chi connectivity index (χ2v) is 3.67. The van der Waals surface area contributed by atoms with E-state index < -0.39 is 0 Å². The van der Waals surface area contributed by atoms with Crippen molar-refractivity contribution < 1.29 is 0 Å². The van der Waals surface area contributed by atoms with Crippen LogP contribution in [0, 0.1) is 0 Å². The molecule has 0 aromatic heterocycles. The zero-order valence-corrected chi connectivity index (χ0v) is 8.61. The highest BCUT2D eigenvalue weighted by atomic mass is 14.2. The Kier molecular flexibility index (Phi) is 3.58. The lowest BCUT2D eigenvalue weighted by atomic mass is 9.99. The molecule has 0 unspecified atom stereocenters. The first kappa shape index (κ1) is 9.57. The molecule has 0 aliphatic heterocycles. The lowest BCUT2D eigenvalue weighted by Gasteiger charge is -2.06. The quantitative estimate of drug-likeness (QED) is 0.583. The first-order valence-corrected chi connectivity index (χ1v) is 5.17. The van der Waals surface area contributed by atoms with Gasteiger partial charge in [0.05, 0.1) is 0 Å². The Labute approximate surface area is 76.4 Å². The summed E-state index contributed by atoms with van der Waals surface area (Å²) >= 11 is 0. The van der Waals surface area contributed by atoms with Gasteiger partial charge in [-0.05, 0) is 31.8 Å². The Morgan fingerprint density at radius 3 is 2.42 bits per heavy atom. The molecule has 0 spiro atoms. The van der Waals surface area contributed by atoms with E-state index in [1.807, 2.05) is 0 Å². The zero-order valence-electron chi connectivity index (χ0n) is 8.61. The number of hydrogen-bond donors (Lipinski definition) is 0. The summed E-state index contributed by atoms with van der Waals surface area (Å²) in [5.41, 5.74) is 4.91. The number of hydrogen-bond acceptors (Lipinski definition) is 0. The fraction of sp³-hybridized carbons (Fsp3) is 0.667. The Hall–Kier alpha value is -0.520. The van der Waals surface area contributed by atoms with Crippen LogP contribution in [0.5, 0.6) is 0 Å². The van der Waals surface area contributed by atoms with Crippen LogP contribution in [0.4, 0.5) is 0 Å². The van der Waals surface area contributed by atoms with Gasteiger partial charge in [-0.15, -0.1) is 0 Å². The normalized spacial score (nSPS) is 17.1. The molecule has 1 aliphatic carbocycles. The van der Waals surface area contributed by atoms with Crippen molar-refractivity contribution >= 4 is 0 Å². The van der Waals surface area contributed by atoms with E-state index >= 15 is 0 Å². The molecule has 0 heterocycles. The van der Waals surface area contributed by atoms with E-state index in [1.54, 1.807) is 16.7 Å². The first-order chi connectivity index (χ1) is 5.79. The van der Waals surface area contributed by atoms with Crippen molar-refractivity contribution in [1.82, 2.24) is 0 Å². The van der Waals surface area contributed by atoms with Crippen molar-refractivity contribution in [3.8, 4) is 0 Å². The van der Waals surface area contributed by atoms with E-state index in [4.69, 9.17) is 0 Å². The van der Waals surface area contributed by atoms with Crippen LogP contribution in [0.1, 0.15) is 52.9 Å². The van der Waals surface area contributed by atoms with Crippen LogP contribution < -0.4 is 0 Å². The summed E-state index contributed by atoms with van der Waals surface area (Å²) in [4.78, 5) is 0.